The van der Waals surface area contributed by atoms with Gasteiger partial charge in [0.15, 0.2) is 11.4 Å². The van der Waals surface area contributed by atoms with E-state index in [1.807, 2.05) is 6.92 Å². The molecule has 0 fully saturated rings. The Bertz CT molecular complexity index is 366. The van der Waals surface area contributed by atoms with Crippen LogP contribution in [0.25, 0.3) is 0 Å². The van der Waals surface area contributed by atoms with E-state index in [0.29, 0.717) is 19.8 Å². The summed E-state index contributed by atoms with van der Waals surface area (Å²) in [6.07, 6.45) is 0.875. The number of esters is 2. The smallest absolute Gasteiger partial charge is 0.355 e. The summed E-state index contributed by atoms with van der Waals surface area (Å²) in [4.78, 5) is 26.2. The summed E-state index contributed by atoms with van der Waals surface area (Å²) in [5.41, 5.74) is 0.224. The highest BCUT2D eigenvalue weighted by Crippen LogP contribution is 1.87. The van der Waals surface area contributed by atoms with Crippen LogP contribution in [-0.2, 0) is 23.9 Å². The Kier molecular flexibility index (Phi) is 14.4. The predicted octanol–water partition coefficient (Wildman–Crippen LogP) is 1.75. The first-order valence-corrected chi connectivity index (χ1v) is 6.63. The molecule has 0 aliphatic rings. The van der Waals surface area contributed by atoms with Crippen molar-refractivity contribution in [3.05, 3.63) is 0 Å². The molecule has 0 amide bonds. The maximum atomic E-state index is 10.9. The van der Waals surface area contributed by atoms with Gasteiger partial charge in [0, 0.05) is 0 Å². The van der Waals surface area contributed by atoms with Gasteiger partial charge in [-0.2, -0.15) is 0 Å². The van der Waals surface area contributed by atoms with E-state index in [9.17, 15) is 9.59 Å². The molecule has 0 aliphatic carbocycles. The van der Waals surface area contributed by atoms with Crippen molar-refractivity contribution in [2.75, 3.05) is 19.8 Å². The highest BCUT2D eigenvalue weighted by Gasteiger charge is 2.06. The van der Waals surface area contributed by atoms with Gasteiger partial charge in [-0.3, -0.25) is 0 Å². The van der Waals surface area contributed by atoms with Gasteiger partial charge < -0.3 is 19.5 Å². The van der Waals surface area contributed by atoms with Gasteiger partial charge >= 0.3 is 11.9 Å². The molecule has 0 atom stereocenters. The second-order valence-corrected chi connectivity index (χ2v) is 3.64. The molecule has 0 saturated carbocycles. The molecule has 0 aromatic carbocycles. The van der Waals surface area contributed by atoms with Gasteiger partial charge in [0.1, 0.15) is 6.61 Å². The maximum absolute atomic E-state index is 10.9. The van der Waals surface area contributed by atoms with Crippen LogP contribution >= 0.6 is 0 Å². The molecule has 8 nitrogen and oxygen atoms in total. The molecule has 0 aromatic rings. The largest absolute Gasteiger partial charge is 0.461 e. The van der Waals surface area contributed by atoms with Crippen LogP contribution < -0.4 is 0 Å². The molecule has 8 heteroatoms. The predicted molar refractivity (Wildman–Crippen MR) is 77.5 cm³/mol. The zero-order valence-corrected chi connectivity index (χ0v) is 13.2. The molecular weight excluding hydrogens is 280 g/mol. The Hall–Kier alpha value is -2.12. The van der Waals surface area contributed by atoms with Crippen molar-refractivity contribution in [1.29, 1.82) is 0 Å². The van der Waals surface area contributed by atoms with Gasteiger partial charge in [0.25, 0.3) is 0 Å². The topological polar surface area (TPSA) is 107 Å². The van der Waals surface area contributed by atoms with Crippen molar-refractivity contribution in [3.8, 4) is 0 Å². The van der Waals surface area contributed by atoms with Crippen molar-refractivity contribution < 1.29 is 29.1 Å². The lowest BCUT2D eigenvalue weighted by Crippen LogP contribution is -2.14. The van der Waals surface area contributed by atoms with Crippen LogP contribution in [-0.4, -0.2) is 48.4 Å². The maximum Gasteiger partial charge on any atom is 0.355 e. The average Bonchev–Trinajstić information content (AvgIpc) is 2.47. The van der Waals surface area contributed by atoms with E-state index in [1.54, 1.807) is 20.8 Å². The third-order valence-electron chi connectivity index (χ3n) is 1.79. The van der Waals surface area contributed by atoms with Gasteiger partial charge in [0.2, 0.25) is 0 Å². The van der Waals surface area contributed by atoms with Gasteiger partial charge in [-0.05, 0) is 34.1 Å². The number of hydrogen-bond donors (Lipinski definition) is 1. The standard InChI is InChI=1S/C8H15NO3.C5H9NO3/c1-4-6-12-9-7(3)8(10)11-5-2;1-3-9-5(7)4(2)6-8/h4-6H2,1-3H3;8H,3H2,1-2H3. The Balaban J connectivity index is 0. The SMILES string of the molecule is CCCON=C(C)C(=O)OCC.CCOC(=O)C(C)=NO. The third-order valence-corrected chi connectivity index (χ3v) is 1.79. The van der Waals surface area contributed by atoms with E-state index >= 15 is 0 Å². The normalized spacial score (nSPS) is 11.1. The Morgan fingerprint density at radius 3 is 1.81 bits per heavy atom. The minimum atomic E-state index is -0.583. The molecule has 122 valence electrons. The van der Waals surface area contributed by atoms with Crippen LogP contribution in [0.4, 0.5) is 0 Å². The fourth-order valence-electron chi connectivity index (χ4n) is 0.783. The molecule has 0 saturated heterocycles. The van der Waals surface area contributed by atoms with Crippen LogP contribution in [0.2, 0.25) is 0 Å². The second kappa shape index (κ2) is 14.3. The molecule has 0 aromatic heterocycles. The van der Waals surface area contributed by atoms with E-state index in [-0.39, 0.29) is 11.4 Å². The summed E-state index contributed by atoms with van der Waals surface area (Å²) in [5.74, 6) is -1.01. The van der Waals surface area contributed by atoms with Gasteiger partial charge in [-0.1, -0.05) is 17.2 Å². The van der Waals surface area contributed by atoms with Crippen LogP contribution in [0.15, 0.2) is 10.3 Å². The quantitative estimate of drug-likeness (QED) is 0.252. The molecule has 0 bridgehead atoms. The van der Waals surface area contributed by atoms with E-state index < -0.39 is 11.9 Å². The fourth-order valence-corrected chi connectivity index (χ4v) is 0.783. The number of ether oxygens (including phenoxy) is 2. The lowest BCUT2D eigenvalue weighted by molar-refractivity contribution is -0.136. The zero-order valence-electron chi connectivity index (χ0n) is 13.2. The minimum Gasteiger partial charge on any atom is -0.461 e. The monoisotopic (exact) mass is 304 g/mol. The summed E-state index contributed by atoms with van der Waals surface area (Å²) in [7, 11) is 0. The third kappa shape index (κ3) is 12.6. The van der Waals surface area contributed by atoms with Crippen molar-refractivity contribution >= 4 is 23.4 Å². The van der Waals surface area contributed by atoms with Crippen molar-refractivity contribution in [2.45, 2.75) is 41.0 Å². The number of nitrogens with zero attached hydrogens (tertiary/aromatic N) is 2. The number of carbonyl (C=O) groups is 2. The molecule has 0 rings (SSSR count). The molecule has 21 heavy (non-hydrogen) atoms. The lowest BCUT2D eigenvalue weighted by Gasteiger charge is -2.00. The average molecular weight is 304 g/mol. The second-order valence-electron chi connectivity index (χ2n) is 3.64. The molecular formula is C13H24N2O6. The van der Waals surface area contributed by atoms with Crippen LogP contribution in [0.1, 0.15) is 41.0 Å². The molecule has 1 N–H and O–H groups in total. The molecule has 0 spiro atoms. The summed E-state index contributed by atoms with van der Waals surface area (Å²) in [6, 6.07) is 0. The molecule has 0 aliphatic heterocycles. The number of hydrogen-bond acceptors (Lipinski definition) is 8. The van der Waals surface area contributed by atoms with Gasteiger partial charge in [0.05, 0.1) is 13.2 Å². The Morgan fingerprint density at radius 2 is 1.43 bits per heavy atom. The zero-order chi connectivity index (χ0) is 16.7. The van der Waals surface area contributed by atoms with Crippen molar-refractivity contribution in [3.63, 3.8) is 0 Å². The van der Waals surface area contributed by atoms with E-state index in [0.717, 1.165) is 6.42 Å². The molecule has 0 unspecified atom stereocenters. The molecule has 0 heterocycles. The first kappa shape index (κ1) is 21.2. The Morgan fingerprint density at radius 1 is 0.952 bits per heavy atom. The van der Waals surface area contributed by atoms with Crippen molar-refractivity contribution in [1.82, 2.24) is 0 Å². The summed E-state index contributed by atoms with van der Waals surface area (Å²) in [5, 5.41) is 14.2. The number of carbonyl (C=O) groups excluding carboxylic acids is 2. The van der Waals surface area contributed by atoms with Crippen LogP contribution in [0, 0.1) is 0 Å². The summed E-state index contributed by atoms with van der Waals surface area (Å²) < 4.78 is 9.15. The summed E-state index contributed by atoms with van der Waals surface area (Å²) in [6.45, 7) is 9.52. The Labute approximate surface area is 124 Å². The van der Waals surface area contributed by atoms with Crippen molar-refractivity contribution in [2.24, 2.45) is 10.3 Å². The number of oxime groups is 2. The first-order valence-electron chi connectivity index (χ1n) is 6.63. The van der Waals surface area contributed by atoms with Crippen LogP contribution in [0.3, 0.4) is 0 Å². The van der Waals surface area contributed by atoms with Gasteiger partial charge in [-0.25, -0.2) is 9.59 Å². The summed E-state index contributed by atoms with van der Waals surface area (Å²) >= 11 is 0. The van der Waals surface area contributed by atoms with Gasteiger partial charge in [-0.15, -0.1) is 0 Å². The number of rotatable bonds is 7. The highest BCUT2D eigenvalue weighted by atomic mass is 16.6. The van der Waals surface area contributed by atoms with E-state index in [2.05, 4.69) is 19.8 Å². The van der Waals surface area contributed by atoms with Crippen LogP contribution in [0.5, 0.6) is 0 Å². The first-order chi connectivity index (χ1) is 9.94. The lowest BCUT2D eigenvalue weighted by atomic mass is 10.4. The van der Waals surface area contributed by atoms with E-state index in [4.69, 9.17) is 10.0 Å². The minimum absolute atomic E-state index is 0.0307. The highest BCUT2D eigenvalue weighted by molar-refractivity contribution is 6.35. The fraction of sp³-hybridized carbons (Fsp3) is 0.692. The molecule has 0 radical (unpaired) electrons. The van der Waals surface area contributed by atoms with E-state index in [1.165, 1.54) is 6.92 Å².